The Morgan fingerprint density at radius 1 is 1.30 bits per heavy atom. The molecule has 0 radical (unpaired) electrons. The normalized spacial score (nSPS) is 19.4. The fraction of sp³-hybridized carbons (Fsp3) is 0.353. The number of fused-ring (bicyclic) bond motifs is 1. The molecule has 0 fully saturated rings. The van der Waals surface area contributed by atoms with Crippen LogP contribution in [0.15, 0.2) is 42.6 Å². The van der Waals surface area contributed by atoms with Gasteiger partial charge < -0.3 is 0 Å². The SMILES string of the molecule is Cc1cccc(C(NN)C2CCCc3cccnc32)c1. The Kier molecular flexibility index (Phi) is 3.81. The smallest absolute Gasteiger partial charge is 0.0543 e. The maximum atomic E-state index is 5.87. The van der Waals surface area contributed by atoms with Crippen LogP contribution in [0.5, 0.6) is 0 Å². The molecule has 3 heteroatoms. The van der Waals surface area contributed by atoms with Crippen molar-refractivity contribution in [2.24, 2.45) is 5.84 Å². The molecule has 0 saturated carbocycles. The first kappa shape index (κ1) is 13.3. The van der Waals surface area contributed by atoms with Crippen molar-refractivity contribution in [1.82, 2.24) is 10.4 Å². The first-order valence-electron chi connectivity index (χ1n) is 7.26. The lowest BCUT2D eigenvalue weighted by Crippen LogP contribution is -2.34. The molecule has 0 amide bonds. The third-order valence-electron chi connectivity index (χ3n) is 4.22. The Morgan fingerprint density at radius 3 is 3.00 bits per heavy atom. The lowest BCUT2D eigenvalue weighted by molar-refractivity contribution is 0.400. The highest BCUT2D eigenvalue weighted by molar-refractivity contribution is 5.32. The van der Waals surface area contributed by atoms with Crippen LogP contribution in [-0.2, 0) is 6.42 Å². The predicted octanol–water partition coefficient (Wildman–Crippen LogP) is 3.01. The van der Waals surface area contributed by atoms with E-state index in [-0.39, 0.29) is 6.04 Å². The fourth-order valence-corrected chi connectivity index (χ4v) is 3.28. The van der Waals surface area contributed by atoms with Crippen LogP contribution in [0.4, 0.5) is 0 Å². The molecule has 0 aliphatic heterocycles. The van der Waals surface area contributed by atoms with Crippen LogP contribution in [0, 0.1) is 6.92 Å². The number of hydrogen-bond donors (Lipinski definition) is 2. The van der Waals surface area contributed by atoms with E-state index < -0.39 is 0 Å². The average Bonchev–Trinajstić information content (AvgIpc) is 2.48. The third-order valence-corrected chi connectivity index (χ3v) is 4.22. The molecule has 0 saturated heterocycles. The van der Waals surface area contributed by atoms with Crippen LogP contribution in [0.25, 0.3) is 0 Å². The van der Waals surface area contributed by atoms with Gasteiger partial charge >= 0.3 is 0 Å². The van der Waals surface area contributed by atoms with Gasteiger partial charge in [0, 0.05) is 17.8 Å². The monoisotopic (exact) mass is 267 g/mol. The molecule has 1 aromatic heterocycles. The summed E-state index contributed by atoms with van der Waals surface area (Å²) in [4.78, 5) is 4.62. The number of pyridine rings is 1. The van der Waals surface area contributed by atoms with Crippen molar-refractivity contribution in [2.45, 2.75) is 38.1 Å². The minimum Gasteiger partial charge on any atom is -0.271 e. The van der Waals surface area contributed by atoms with Crippen LogP contribution in [0.3, 0.4) is 0 Å². The van der Waals surface area contributed by atoms with Crippen molar-refractivity contribution >= 4 is 0 Å². The van der Waals surface area contributed by atoms with E-state index in [0.717, 1.165) is 12.8 Å². The lowest BCUT2D eigenvalue weighted by atomic mass is 9.79. The number of nitrogens with one attached hydrogen (secondary N) is 1. The Labute approximate surface area is 120 Å². The molecule has 20 heavy (non-hydrogen) atoms. The molecule has 1 aromatic carbocycles. The summed E-state index contributed by atoms with van der Waals surface area (Å²) in [5.74, 6) is 6.22. The second-order valence-electron chi connectivity index (χ2n) is 5.60. The summed E-state index contributed by atoms with van der Waals surface area (Å²) in [6.07, 6.45) is 5.35. The van der Waals surface area contributed by atoms with Gasteiger partial charge in [-0.15, -0.1) is 0 Å². The first-order chi connectivity index (χ1) is 9.79. The molecule has 3 nitrogen and oxygen atoms in total. The summed E-state index contributed by atoms with van der Waals surface area (Å²) in [6.45, 7) is 2.12. The minimum atomic E-state index is 0.129. The number of rotatable bonds is 3. The van der Waals surface area contributed by atoms with Gasteiger partial charge in [0.05, 0.1) is 6.04 Å². The number of benzene rings is 1. The molecule has 0 spiro atoms. The number of hydrazine groups is 1. The minimum absolute atomic E-state index is 0.129. The third kappa shape index (κ3) is 2.47. The van der Waals surface area contributed by atoms with E-state index >= 15 is 0 Å². The van der Waals surface area contributed by atoms with Crippen LogP contribution in [-0.4, -0.2) is 4.98 Å². The Hall–Kier alpha value is -1.71. The van der Waals surface area contributed by atoms with E-state index in [9.17, 15) is 0 Å². The number of aryl methyl sites for hydroxylation is 2. The highest BCUT2D eigenvalue weighted by atomic mass is 15.2. The van der Waals surface area contributed by atoms with E-state index in [1.54, 1.807) is 0 Å². The van der Waals surface area contributed by atoms with Crippen molar-refractivity contribution in [3.63, 3.8) is 0 Å². The van der Waals surface area contributed by atoms with E-state index in [4.69, 9.17) is 5.84 Å². The zero-order valence-corrected chi connectivity index (χ0v) is 11.8. The maximum Gasteiger partial charge on any atom is 0.0543 e. The summed E-state index contributed by atoms with van der Waals surface area (Å²) < 4.78 is 0. The molecular formula is C17H21N3. The lowest BCUT2D eigenvalue weighted by Gasteiger charge is -2.31. The molecule has 3 N–H and O–H groups in total. The number of nitrogens with two attached hydrogens (primary N) is 1. The zero-order chi connectivity index (χ0) is 13.9. The summed E-state index contributed by atoms with van der Waals surface area (Å²) in [5, 5.41) is 0. The molecule has 0 bridgehead atoms. The van der Waals surface area contributed by atoms with Crippen molar-refractivity contribution in [3.05, 3.63) is 65.0 Å². The molecule has 3 rings (SSSR count). The fourth-order valence-electron chi connectivity index (χ4n) is 3.28. The molecule has 1 aliphatic carbocycles. The van der Waals surface area contributed by atoms with Crippen LogP contribution in [0.1, 0.15) is 47.2 Å². The molecule has 2 aromatic rings. The van der Waals surface area contributed by atoms with Gasteiger partial charge in [0.15, 0.2) is 0 Å². The molecule has 2 unspecified atom stereocenters. The molecule has 1 heterocycles. The van der Waals surface area contributed by atoms with Crippen molar-refractivity contribution in [2.75, 3.05) is 0 Å². The Bertz CT molecular complexity index is 594. The van der Waals surface area contributed by atoms with Crippen molar-refractivity contribution < 1.29 is 0 Å². The van der Waals surface area contributed by atoms with Crippen LogP contribution < -0.4 is 11.3 Å². The van der Waals surface area contributed by atoms with Gasteiger partial charge in [-0.25, -0.2) is 0 Å². The quantitative estimate of drug-likeness (QED) is 0.664. The van der Waals surface area contributed by atoms with Crippen molar-refractivity contribution in [3.8, 4) is 0 Å². The molecule has 1 aliphatic rings. The van der Waals surface area contributed by atoms with Crippen molar-refractivity contribution in [1.29, 1.82) is 0 Å². The maximum absolute atomic E-state index is 5.87. The van der Waals surface area contributed by atoms with Crippen LogP contribution >= 0.6 is 0 Å². The summed E-state index contributed by atoms with van der Waals surface area (Å²) in [6, 6.07) is 12.9. The zero-order valence-electron chi connectivity index (χ0n) is 11.8. The summed E-state index contributed by atoms with van der Waals surface area (Å²) in [5.41, 5.74) is 8.11. The van der Waals surface area contributed by atoms with Gasteiger partial charge in [0.2, 0.25) is 0 Å². The summed E-state index contributed by atoms with van der Waals surface area (Å²) in [7, 11) is 0. The topological polar surface area (TPSA) is 50.9 Å². The molecule has 104 valence electrons. The largest absolute Gasteiger partial charge is 0.271 e. The predicted molar refractivity (Wildman–Crippen MR) is 81.2 cm³/mol. The van der Waals surface area contributed by atoms with E-state index in [1.165, 1.54) is 28.8 Å². The number of hydrogen-bond acceptors (Lipinski definition) is 3. The standard InChI is InChI=1S/C17H21N3/c1-12-5-2-7-14(11-12)17(20-18)15-9-3-6-13-8-4-10-19-16(13)15/h2,4-5,7-8,10-11,15,17,20H,3,6,9,18H2,1H3. The highest BCUT2D eigenvalue weighted by Crippen LogP contribution is 2.38. The molecular weight excluding hydrogens is 246 g/mol. The van der Waals surface area contributed by atoms with Gasteiger partial charge in [-0.05, 0) is 43.4 Å². The van der Waals surface area contributed by atoms with Crippen LogP contribution in [0.2, 0.25) is 0 Å². The van der Waals surface area contributed by atoms with Gasteiger partial charge in [-0.3, -0.25) is 16.3 Å². The van der Waals surface area contributed by atoms with E-state index in [0.29, 0.717) is 5.92 Å². The van der Waals surface area contributed by atoms with E-state index in [1.807, 2.05) is 12.3 Å². The number of nitrogens with zero attached hydrogens (tertiary/aromatic N) is 1. The van der Waals surface area contributed by atoms with Gasteiger partial charge in [0.25, 0.3) is 0 Å². The average molecular weight is 267 g/mol. The summed E-state index contributed by atoms with van der Waals surface area (Å²) >= 11 is 0. The highest BCUT2D eigenvalue weighted by Gasteiger charge is 2.29. The Morgan fingerprint density at radius 2 is 2.20 bits per heavy atom. The first-order valence-corrected chi connectivity index (χ1v) is 7.26. The Balaban J connectivity index is 1.99. The molecule has 2 atom stereocenters. The second kappa shape index (κ2) is 5.73. The van der Waals surface area contributed by atoms with E-state index in [2.05, 4.69) is 47.7 Å². The number of aromatic nitrogens is 1. The van der Waals surface area contributed by atoms with Gasteiger partial charge in [-0.2, -0.15) is 0 Å². The van der Waals surface area contributed by atoms with Gasteiger partial charge in [0.1, 0.15) is 0 Å². The van der Waals surface area contributed by atoms with Gasteiger partial charge in [-0.1, -0.05) is 35.9 Å². The second-order valence-corrected chi connectivity index (χ2v) is 5.60.